The number of ketones is 1. The number of aliphatic hydroxyl groups excluding tert-OH is 1. The van der Waals surface area contributed by atoms with E-state index in [1.807, 2.05) is 31.2 Å². The normalized spacial score (nSPS) is 16.4. The van der Waals surface area contributed by atoms with E-state index in [0.717, 1.165) is 16.7 Å². The van der Waals surface area contributed by atoms with Crippen LogP contribution in [0.15, 0.2) is 103 Å². The van der Waals surface area contributed by atoms with Gasteiger partial charge >= 0.3 is 0 Å². The molecule has 1 atom stereocenters. The molecule has 1 saturated heterocycles. The Balaban J connectivity index is 1.48. The van der Waals surface area contributed by atoms with E-state index in [0.29, 0.717) is 29.2 Å². The highest BCUT2D eigenvalue weighted by atomic mass is 16.5. The van der Waals surface area contributed by atoms with Crippen molar-refractivity contribution < 1.29 is 24.2 Å². The van der Waals surface area contributed by atoms with E-state index in [1.54, 1.807) is 80.2 Å². The molecule has 0 radical (unpaired) electrons. The second-order valence-electron chi connectivity index (χ2n) is 9.30. The van der Waals surface area contributed by atoms with E-state index in [1.165, 1.54) is 4.90 Å². The van der Waals surface area contributed by atoms with Crippen LogP contribution in [-0.4, -0.2) is 33.8 Å². The van der Waals surface area contributed by atoms with Gasteiger partial charge in [-0.25, -0.2) is 0 Å². The number of hydrogen-bond acceptors (Lipinski definition) is 6. The molecule has 0 bridgehead atoms. The SMILES string of the molecule is COc1ccc(C2/C(=C(\O)c3ccc(OCc4ccccc4C)cc3)C(=O)C(=O)N2Cc2ccncc2)cc1. The number of carbonyl (C=O) groups is 2. The van der Waals surface area contributed by atoms with E-state index in [4.69, 9.17) is 9.47 Å². The molecule has 1 amide bonds. The van der Waals surface area contributed by atoms with E-state index >= 15 is 0 Å². The number of ether oxygens (including phenoxy) is 2. The molecule has 39 heavy (non-hydrogen) atoms. The Morgan fingerprint density at radius 3 is 2.23 bits per heavy atom. The predicted molar refractivity (Wildman–Crippen MR) is 147 cm³/mol. The van der Waals surface area contributed by atoms with Crippen LogP contribution in [-0.2, 0) is 22.7 Å². The molecule has 196 valence electrons. The standard InChI is InChI=1S/C32H28N2O5/c1-21-5-3-4-6-25(21)20-39-27-13-9-24(10-14-27)30(35)28-29(23-7-11-26(38-2)12-8-23)34(32(37)31(28)36)19-22-15-17-33-18-16-22/h3-18,29,35H,19-20H2,1-2H3/b30-28+. The van der Waals surface area contributed by atoms with Crippen molar-refractivity contribution in [2.45, 2.75) is 26.1 Å². The molecule has 1 aliphatic rings. The fourth-order valence-electron chi connectivity index (χ4n) is 4.66. The largest absolute Gasteiger partial charge is 0.507 e. The number of aryl methyl sites for hydroxylation is 1. The molecule has 1 unspecified atom stereocenters. The number of methoxy groups -OCH3 is 1. The van der Waals surface area contributed by atoms with Crippen molar-refractivity contribution in [3.63, 3.8) is 0 Å². The average Bonchev–Trinajstić information content (AvgIpc) is 3.22. The van der Waals surface area contributed by atoms with Crippen LogP contribution in [0.25, 0.3) is 5.76 Å². The van der Waals surface area contributed by atoms with Gasteiger partial charge in [0.25, 0.3) is 11.7 Å². The van der Waals surface area contributed by atoms with Gasteiger partial charge in [0.05, 0.1) is 18.7 Å². The fourth-order valence-corrected chi connectivity index (χ4v) is 4.66. The number of benzene rings is 3. The van der Waals surface area contributed by atoms with Crippen molar-refractivity contribution in [1.29, 1.82) is 0 Å². The quantitative estimate of drug-likeness (QED) is 0.185. The first-order valence-corrected chi connectivity index (χ1v) is 12.6. The minimum Gasteiger partial charge on any atom is -0.507 e. The van der Waals surface area contributed by atoms with Gasteiger partial charge in [-0.1, -0.05) is 36.4 Å². The number of amides is 1. The fraction of sp³-hybridized carbons (Fsp3) is 0.156. The van der Waals surface area contributed by atoms with Gasteiger partial charge in [-0.3, -0.25) is 14.6 Å². The third-order valence-electron chi connectivity index (χ3n) is 6.86. The number of Topliss-reactive ketones (excluding diaryl/α,β-unsaturated/α-hetero) is 1. The summed E-state index contributed by atoms with van der Waals surface area (Å²) in [4.78, 5) is 32.1. The molecule has 0 spiro atoms. The highest BCUT2D eigenvalue weighted by molar-refractivity contribution is 6.46. The predicted octanol–water partition coefficient (Wildman–Crippen LogP) is 5.60. The smallest absolute Gasteiger partial charge is 0.295 e. The van der Waals surface area contributed by atoms with Crippen LogP contribution in [0.4, 0.5) is 0 Å². The molecule has 7 nitrogen and oxygen atoms in total. The summed E-state index contributed by atoms with van der Waals surface area (Å²) in [6.07, 6.45) is 3.27. The lowest BCUT2D eigenvalue weighted by molar-refractivity contribution is -0.140. The summed E-state index contributed by atoms with van der Waals surface area (Å²) in [6, 6.07) is 24.8. The molecule has 3 aromatic carbocycles. The third kappa shape index (κ3) is 5.38. The number of pyridine rings is 1. The van der Waals surface area contributed by atoms with Crippen LogP contribution >= 0.6 is 0 Å². The minimum absolute atomic E-state index is 0.0350. The molecule has 2 heterocycles. The van der Waals surface area contributed by atoms with Crippen molar-refractivity contribution in [3.8, 4) is 11.5 Å². The average molecular weight is 521 g/mol. The number of carbonyl (C=O) groups excluding carboxylic acids is 2. The molecule has 1 fully saturated rings. The zero-order valence-corrected chi connectivity index (χ0v) is 21.7. The van der Waals surface area contributed by atoms with Gasteiger partial charge in [0.2, 0.25) is 0 Å². The van der Waals surface area contributed by atoms with Gasteiger partial charge in [-0.2, -0.15) is 0 Å². The lowest BCUT2D eigenvalue weighted by Gasteiger charge is -2.25. The number of rotatable bonds is 8. The summed E-state index contributed by atoms with van der Waals surface area (Å²) in [5.74, 6) is -0.378. The molecule has 5 rings (SSSR count). The molecule has 0 aliphatic carbocycles. The number of aliphatic hydroxyl groups is 1. The monoisotopic (exact) mass is 520 g/mol. The lowest BCUT2D eigenvalue weighted by atomic mass is 9.95. The Morgan fingerprint density at radius 2 is 1.56 bits per heavy atom. The van der Waals surface area contributed by atoms with Gasteiger partial charge in [0.1, 0.15) is 23.9 Å². The van der Waals surface area contributed by atoms with Crippen LogP contribution in [0, 0.1) is 6.92 Å². The summed E-state index contributed by atoms with van der Waals surface area (Å²) < 4.78 is 11.2. The van der Waals surface area contributed by atoms with Gasteiger partial charge in [-0.15, -0.1) is 0 Å². The lowest BCUT2D eigenvalue weighted by Crippen LogP contribution is -2.29. The Hall–Kier alpha value is -4.91. The number of nitrogens with zero attached hydrogens (tertiary/aromatic N) is 2. The molecule has 1 N–H and O–H groups in total. The molecular formula is C32H28N2O5. The van der Waals surface area contributed by atoms with Crippen LogP contribution < -0.4 is 9.47 Å². The third-order valence-corrected chi connectivity index (χ3v) is 6.86. The zero-order valence-electron chi connectivity index (χ0n) is 21.7. The molecule has 1 aliphatic heterocycles. The van der Waals surface area contributed by atoms with Crippen LogP contribution in [0.1, 0.15) is 33.9 Å². The van der Waals surface area contributed by atoms with Crippen LogP contribution in [0.5, 0.6) is 11.5 Å². The number of hydrogen-bond donors (Lipinski definition) is 1. The number of aromatic nitrogens is 1. The van der Waals surface area contributed by atoms with Crippen LogP contribution in [0.3, 0.4) is 0 Å². The van der Waals surface area contributed by atoms with Crippen LogP contribution in [0.2, 0.25) is 0 Å². The maximum atomic E-state index is 13.3. The summed E-state index contributed by atoms with van der Waals surface area (Å²) in [5, 5.41) is 11.4. The highest BCUT2D eigenvalue weighted by Crippen LogP contribution is 2.40. The summed E-state index contributed by atoms with van der Waals surface area (Å²) in [5.41, 5.74) is 4.18. The second kappa shape index (κ2) is 11.2. The molecule has 0 saturated carbocycles. The Labute approximate surface area is 227 Å². The van der Waals surface area contributed by atoms with Crippen molar-refractivity contribution in [2.75, 3.05) is 7.11 Å². The Morgan fingerprint density at radius 1 is 0.897 bits per heavy atom. The molecule has 1 aromatic heterocycles. The first-order valence-electron chi connectivity index (χ1n) is 12.6. The van der Waals surface area contributed by atoms with Crippen molar-refractivity contribution >= 4 is 17.4 Å². The zero-order chi connectivity index (χ0) is 27.4. The van der Waals surface area contributed by atoms with Crippen molar-refractivity contribution in [2.24, 2.45) is 0 Å². The van der Waals surface area contributed by atoms with Crippen molar-refractivity contribution in [1.82, 2.24) is 9.88 Å². The van der Waals surface area contributed by atoms with Gasteiger partial charge in [0, 0.05) is 24.5 Å². The maximum Gasteiger partial charge on any atom is 0.295 e. The highest BCUT2D eigenvalue weighted by Gasteiger charge is 2.46. The van der Waals surface area contributed by atoms with Crippen molar-refractivity contribution in [3.05, 3.63) is 131 Å². The van der Waals surface area contributed by atoms with Gasteiger partial charge < -0.3 is 19.5 Å². The Bertz CT molecular complexity index is 1510. The summed E-state index contributed by atoms with van der Waals surface area (Å²) in [7, 11) is 1.57. The first-order chi connectivity index (χ1) is 19.0. The summed E-state index contributed by atoms with van der Waals surface area (Å²) >= 11 is 0. The van der Waals surface area contributed by atoms with Gasteiger partial charge in [-0.05, 0) is 77.7 Å². The topological polar surface area (TPSA) is 89.0 Å². The molecular weight excluding hydrogens is 492 g/mol. The summed E-state index contributed by atoms with van der Waals surface area (Å²) in [6.45, 7) is 2.63. The molecule has 7 heteroatoms. The minimum atomic E-state index is -0.777. The first kappa shape index (κ1) is 25.7. The molecule has 4 aromatic rings. The Kier molecular flexibility index (Phi) is 7.41. The van der Waals surface area contributed by atoms with E-state index in [2.05, 4.69) is 4.98 Å². The van der Waals surface area contributed by atoms with Gasteiger partial charge in [0.15, 0.2) is 0 Å². The second-order valence-corrected chi connectivity index (χ2v) is 9.30. The maximum absolute atomic E-state index is 13.3. The van der Waals surface area contributed by atoms with E-state index in [-0.39, 0.29) is 17.9 Å². The van der Waals surface area contributed by atoms with E-state index < -0.39 is 17.7 Å². The number of likely N-dealkylation sites (tertiary alicyclic amines) is 1. The van der Waals surface area contributed by atoms with E-state index in [9.17, 15) is 14.7 Å².